The Morgan fingerprint density at radius 1 is 1.04 bits per heavy atom. The van der Waals surface area contributed by atoms with E-state index < -0.39 is 12.3 Å². The number of hydrogen-bond acceptors (Lipinski definition) is 3. The van der Waals surface area contributed by atoms with Gasteiger partial charge in [0.15, 0.2) is 6.10 Å². The zero-order valence-corrected chi connectivity index (χ0v) is 13.2. The lowest BCUT2D eigenvalue weighted by Gasteiger charge is -2.12. The first-order valence-electron chi connectivity index (χ1n) is 7.72. The largest absolute Gasteiger partial charge is 0.509 e. The number of rotatable bonds is 5. The van der Waals surface area contributed by atoms with Crippen molar-refractivity contribution in [2.24, 2.45) is 0 Å². The minimum Gasteiger partial charge on any atom is -0.435 e. The van der Waals surface area contributed by atoms with Gasteiger partial charge in [0.25, 0.3) is 0 Å². The third kappa shape index (κ3) is 6.27. The Morgan fingerprint density at radius 3 is 2.35 bits per heavy atom. The van der Waals surface area contributed by atoms with E-state index in [-0.39, 0.29) is 6.61 Å². The van der Waals surface area contributed by atoms with Crippen LogP contribution in [-0.2, 0) is 15.9 Å². The van der Waals surface area contributed by atoms with Crippen molar-refractivity contribution in [2.75, 3.05) is 6.61 Å². The number of ether oxygens (including phenoxy) is 2. The molecule has 0 spiro atoms. The lowest BCUT2D eigenvalue weighted by atomic mass is 10.1. The summed E-state index contributed by atoms with van der Waals surface area (Å²) in [5.74, 6) is 6.07. The maximum Gasteiger partial charge on any atom is 0.509 e. The number of hydrogen-bond donors (Lipinski definition) is 0. The molecular weight excluding hydrogens is 288 g/mol. The highest BCUT2D eigenvalue weighted by atomic mass is 16.7. The second kappa shape index (κ2) is 9.32. The van der Waals surface area contributed by atoms with Gasteiger partial charge in [0.05, 0.1) is 6.61 Å². The van der Waals surface area contributed by atoms with Gasteiger partial charge in [0.1, 0.15) is 0 Å². The molecule has 0 N–H and O–H groups in total. The third-order valence-electron chi connectivity index (χ3n) is 3.19. The monoisotopic (exact) mass is 308 g/mol. The van der Waals surface area contributed by atoms with Crippen molar-refractivity contribution < 1.29 is 14.3 Å². The van der Waals surface area contributed by atoms with E-state index in [1.54, 1.807) is 6.92 Å². The molecule has 23 heavy (non-hydrogen) atoms. The summed E-state index contributed by atoms with van der Waals surface area (Å²) in [5, 5.41) is 0. The highest BCUT2D eigenvalue weighted by molar-refractivity contribution is 5.60. The summed E-state index contributed by atoms with van der Waals surface area (Å²) in [7, 11) is 0. The van der Waals surface area contributed by atoms with E-state index >= 15 is 0 Å². The Morgan fingerprint density at radius 2 is 1.70 bits per heavy atom. The van der Waals surface area contributed by atoms with Gasteiger partial charge < -0.3 is 9.47 Å². The number of aryl methyl sites for hydroxylation is 1. The topological polar surface area (TPSA) is 35.5 Å². The maximum atomic E-state index is 11.6. The SMILES string of the molecule is CCOC(=O)OC(C#Cc1ccccc1)CCc1ccccc1. The van der Waals surface area contributed by atoms with Crippen molar-refractivity contribution in [2.45, 2.75) is 25.9 Å². The molecule has 3 nitrogen and oxygen atoms in total. The van der Waals surface area contributed by atoms with Crippen LogP contribution in [0.15, 0.2) is 60.7 Å². The number of carbonyl (C=O) groups is 1. The molecule has 118 valence electrons. The smallest absolute Gasteiger partial charge is 0.435 e. The number of benzene rings is 2. The molecule has 1 unspecified atom stereocenters. The average Bonchev–Trinajstić information content (AvgIpc) is 2.59. The summed E-state index contributed by atoms with van der Waals surface area (Å²) in [5.41, 5.74) is 2.08. The lowest BCUT2D eigenvalue weighted by Crippen LogP contribution is -2.18. The molecule has 0 fully saturated rings. The van der Waals surface area contributed by atoms with Gasteiger partial charge in [-0.05, 0) is 31.0 Å². The summed E-state index contributed by atoms with van der Waals surface area (Å²) in [6.07, 6.45) is 0.249. The molecule has 0 bridgehead atoms. The molecule has 3 heteroatoms. The highest BCUT2D eigenvalue weighted by Gasteiger charge is 2.13. The summed E-state index contributed by atoms with van der Waals surface area (Å²) < 4.78 is 10.1. The van der Waals surface area contributed by atoms with Crippen molar-refractivity contribution in [1.29, 1.82) is 0 Å². The molecule has 0 saturated carbocycles. The summed E-state index contributed by atoms with van der Waals surface area (Å²) in [6.45, 7) is 2.03. The second-order valence-corrected chi connectivity index (χ2v) is 4.95. The van der Waals surface area contributed by atoms with Gasteiger partial charge >= 0.3 is 6.16 Å². The Labute approximate surface area is 137 Å². The van der Waals surface area contributed by atoms with Gasteiger partial charge in [-0.25, -0.2) is 4.79 Å². The first kappa shape index (κ1) is 16.6. The predicted octanol–water partition coefficient (Wildman–Crippen LogP) is 4.21. The van der Waals surface area contributed by atoms with Crippen LogP contribution in [0.1, 0.15) is 24.5 Å². The van der Waals surface area contributed by atoms with Crippen molar-refractivity contribution in [3.8, 4) is 11.8 Å². The molecular formula is C20H20O3. The normalized spacial score (nSPS) is 11.0. The molecule has 0 aliphatic heterocycles. The third-order valence-corrected chi connectivity index (χ3v) is 3.19. The zero-order valence-electron chi connectivity index (χ0n) is 13.2. The van der Waals surface area contributed by atoms with Crippen LogP contribution in [0.5, 0.6) is 0 Å². The lowest BCUT2D eigenvalue weighted by molar-refractivity contribution is 0.0410. The van der Waals surface area contributed by atoms with E-state index in [4.69, 9.17) is 9.47 Å². The van der Waals surface area contributed by atoms with E-state index in [1.807, 2.05) is 60.7 Å². The van der Waals surface area contributed by atoms with E-state index in [0.29, 0.717) is 6.42 Å². The van der Waals surface area contributed by atoms with Crippen LogP contribution in [0.3, 0.4) is 0 Å². The van der Waals surface area contributed by atoms with Crippen LogP contribution in [0.4, 0.5) is 4.79 Å². The number of carbonyl (C=O) groups excluding carboxylic acids is 1. The fraction of sp³-hybridized carbons (Fsp3) is 0.250. The van der Waals surface area contributed by atoms with E-state index in [9.17, 15) is 4.79 Å². The van der Waals surface area contributed by atoms with Crippen LogP contribution in [0.25, 0.3) is 0 Å². The molecule has 1 atom stereocenters. The highest BCUT2D eigenvalue weighted by Crippen LogP contribution is 2.08. The second-order valence-electron chi connectivity index (χ2n) is 4.95. The van der Waals surface area contributed by atoms with E-state index in [1.165, 1.54) is 5.56 Å². The molecule has 0 amide bonds. The minimum atomic E-state index is -0.673. The van der Waals surface area contributed by atoms with Gasteiger partial charge in [-0.1, -0.05) is 60.4 Å². The quantitative estimate of drug-likeness (QED) is 0.613. The van der Waals surface area contributed by atoms with Crippen LogP contribution in [0.2, 0.25) is 0 Å². The molecule has 2 aromatic carbocycles. The zero-order chi connectivity index (χ0) is 16.3. The van der Waals surface area contributed by atoms with Gasteiger partial charge in [-0.2, -0.15) is 0 Å². The summed E-state index contributed by atoms with van der Waals surface area (Å²) >= 11 is 0. The standard InChI is InChI=1S/C20H20O3/c1-2-22-20(21)23-19(15-13-17-9-5-3-6-10-17)16-14-18-11-7-4-8-12-18/h3-12,19H,2,13,15H2,1H3. The summed E-state index contributed by atoms with van der Waals surface area (Å²) in [4.78, 5) is 11.6. The van der Waals surface area contributed by atoms with Crippen LogP contribution in [-0.4, -0.2) is 18.9 Å². The van der Waals surface area contributed by atoms with E-state index in [2.05, 4.69) is 11.8 Å². The van der Waals surface area contributed by atoms with Crippen LogP contribution >= 0.6 is 0 Å². The van der Waals surface area contributed by atoms with Crippen LogP contribution in [0, 0.1) is 11.8 Å². The van der Waals surface area contributed by atoms with Crippen molar-refractivity contribution in [3.63, 3.8) is 0 Å². The van der Waals surface area contributed by atoms with Crippen molar-refractivity contribution >= 4 is 6.16 Å². The predicted molar refractivity (Wildman–Crippen MR) is 90.0 cm³/mol. The first-order valence-corrected chi connectivity index (χ1v) is 7.72. The van der Waals surface area contributed by atoms with Crippen molar-refractivity contribution in [1.82, 2.24) is 0 Å². The molecule has 0 aliphatic rings. The van der Waals surface area contributed by atoms with Gasteiger partial charge in [0.2, 0.25) is 0 Å². The van der Waals surface area contributed by atoms with Crippen molar-refractivity contribution in [3.05, 3.63) is 71.8 Å². The fourth-order valence-corrected chi connectivity index (χ4v) is 2.06. The molecule has 0 aromatic heterocycles. The minimum absolute atomic E-state index is 0.288. The first-order chi connectivity index (χ1) is 11.3. The summed E-state index contributed by atoms with van der Waals surface area (Å²) in [6, 6.07) is 19.7. The maximum absolute atomic E-state index is 11.6. The Kier molecular flexibility index (Phi) is 6.74. The molecule has 2 rings (SSSR count). The van der Waals surface area contributed by atoms with E-state index in [0.717, 1.165) is 12.0 Å². The van der Waals surface area contributed by atoms with Gasteiger partial charge in [0, 0.05) is 12.0 Å². The Hall–Kier alpha value is -2.73. The van der Waals surface area contributed by atoms with Gasteiger partial charge in [-0.15, -0.1) is 0 Å². The molecule has 0 radical (unpaired) electrons. The molecule has 2 aromatic rings. The fourth-order valence-electron chi connectivity index (χ4n) is 2.06. The molecule has 0 heterocycles. The Bertz CT molecular complexity index is 654. The average molecular weight is 308 g/mol. The van der Waals surface area contributed by atoms with Crippen LogP contribution < -0.4 is 0 Å². The van der Waals surface area contributed by atoms with Gasteiger partial charge in [-0.3, -0.25) is 0 Å². The molecule has 0 aliphatic carbocycles. The Balaban J connectivity index is 2.02. The molecule has 0 saturated heterocycles.